The molecule has 0 amide bonds. The van der Waals surface area contributed by atoms with Crippen LogP contribution >= 0.6 is 0 Å². The summed E-state index contributed by atoms with van der Waals surface area (Å²) in [5.74, 6) is -0.772. The third-order valence-corrected chi connectivity index (χ3v) is 3.66. The number of hydrogen-bond donors (Lipinski definition) is 2. The van der Waals surface area contributed by atoms with Gasteiger partial charge in [-0.25, -0.2) is 9.59 Å². The van der Waals surface area contributed by atoms with Crippen LogP contribution < -0.4 is 4.74 Å². The van der Waals surface area contributed by atoms with E-state index in [2.05, 4.69) is 0 Å². The lowest BCUT2D eigenvalue weighted by Gasteiger charge is -2.07. The van der Waals surface area contributed by atoms with Gasteiger partial charge in [0.15, 0.2) is 0 Å². The molecule has 0 saturated heterocycles. The van der Waals surface area contributed by atoms with Crippen molar-refractivity contribution in [1.29, 1.82) is 0 Å². The molecule has 0 radical (unpaired) electrons. The third-order valence-electron chi connectivity index (χ3n) is 3.66. The summed E-state index contributed by atoms with van der Waals surface area (Å²) in [5.41, 5.74) is 2.29. The van der Waals surface area contributed by atoms with Gasteiger partial charge in [0.2, 0.25) is 0 Å². The minimum absolute atomic E-state index is 0.201. The quantitative estimate of drug-likeness (QED) is 0.715. The highest BCUT2D eigenvalue weighted by Gasteiger charge is 2.05. The molecule has 0 aliphatic heterocycles. The van der Waals surface area contributed by atoms with E-state index in [4.69, 9.17) is 14.9 Å². The van der Waals surface area contributed by atoms with Crippen molar-refractivity contribution in [1.82, 2.24) is 0 Å². The van der Waals surface area contributed by atoms with Crippen molar-refractivity contribution >= 4 is 11.9 Å². The molecule has 0 spiro atoms. The van der Waals surface area contributed by atoms with Crippen LogP contribution in [0.1, 0.15) is 20.7 Å². The molecule has 5 heteroatoms. The fraction of sp³-hybridized carbons (Fsp3) is 0. The van der Waals surface area contributed by atoms with Gasteiger partial charge in [0.25, 0.3) is 0 Å². The second kappa shape index (κ2) is 6.88. The number of hydrogen-bond acceptors (Lipinski definition) is 3. The van der Waals surface area contributed by atoms with Crippen LogP contribution in [0.5, 0.6) is 11.5 Å². The van der Waals surface area contributed by atoms with Crippen molar-refractivity contribution in [2.75, 3.05) is 0 Å². The molecule has 124 valence electrons. The molecule has 0 heterocycles. The lowest BCUT2D eigenvalue weighted by Crippen LogP contribution is -1.95. The maximum Gasteiger partial charge on any atom is 0.335 e. The zero-order valence-electron chi connectivity index (χ0n) is 13.0. The Labute approximate surface area is 143 Å². The molecule has 0 unspecified atom stereocenters. The van der Waals surface area contributed by atoms with Crippen LogP contribution in [0.2, 0.25) is 0 Å². The van der Waals surface area contributed by atoms with E-state index < -0.39 is 11.9 Å². The van der Waals surface area contributed by atoms with Crippen LogP contribution in [0.3, 0.4) is 0 Å². The number of rotatable bonds is 5. The number of carboxylic acids is 2. The molecule has 0 fully saturated rings. The van der Waals surface area contributed by atoms with Crippen LogP contribution in [0, 0.1) is 0 Å². The molecule has 3 rings (SSSR count). The Bertz CT molecular complexity index is 894. The number of carboxylic acid groups (broad SMARTS) is 2. The normalized spacial score (nSPS) is 10.2. The van der Waals surface area contributed by atoms with Gasteiger partial charge in [-0.2, -0.15) is 0 Å². The molecule has 0 aliphatic carbocycles. The molecule has 25 heavy (non-hydrogen) atoms. The first-order valence-electron chi connectivity index (χ1n) is 7.48. The number of aromatic carboxylic acids is 2. The maximum absolute atomic E-state index is 10.9. The molecule has 0 aliphatic rings. The van der Waals surface area contributed by atoms with Crippen molar-refractivity contribution in [3.05, 3.63) is 83.9 Å². The Hall–Kier alpha value is -3.60. The van der Waals surface area contributed by atoms with E-state index in [0.29, 0.717) is 11.5 Å². The maximum atomic E-state index is 10.9. The van der Waals surface area contributed by atoms with Crippen LogP contribution in [-0.2, 0) is 0 Å². The van der Waals surface area contributed by atoms with Gasteiger partial charge in [-0.1, -0.05) is 24.3 Å². The van der Waals surface area contributed by atoms with Gasteiger partial charge >= 0.3 is 11.9 Å². The second-order valence-corrected chi connectivity index (χ2v) is 5.34. The van der Waals surface area contributed by atoms with E-state index >= 15 is 0 Å². The number of carbonyl (C=O) groups is 2. The average Bonchev–Trinajstić information content (AvgIpc) is 2.63. The van der Waals surface area contributed by atoms with E-state index in [9.17, 15) is 9.59 Å². The van der Waals surface area contributed by atoms with Crippen molar-refractivity contribution in [3.8, 4) is 22.6 Å². The number of ether oxygens (including phenoxy) is 1. The first-order valence-corrected chi connectivity index (χ1v) is 7.48. The molecule has 0 atom stereocenters. The summed E-state index contributed by atoms with van der Waals surface area (Å²) < 4.78 is 5.68. The van der Waals surface area contributed by atoms with Gasteiger partial charge in [0, 0.05) is 0 Å². The highest BCUT2D eigenvalue weighted by atomic mass is 16.5. The van der Waals surface area contributed by atoms with Crippen LogP contribution in [-0.4, -0.2) is 22.2 Å². The SMILES string of the molecule is O=C(O)c1ccc(Oc2ccc(-c3ccc(C(=O)O)cc3)cc2)cc1. The second-order valence-electron chi connectivity index (χ2n) is 5.34. The van der Waals surface area contributed by atoms with Crippen LogP contribution in [0.25, 0.3) is 11.1 Å². The van der Waals surface area contributed by atoms with Gasteiger partial charge in [0.1, 0.15) is 11.5 Å². The fourth-order valence-electron chi connectivity index (χ4n) is 2.32. The van der Waals surface area contributed by atoms with Crippen LogP contribution in [0.15, 0.2) is 72.8 Å². The van der Waals surface area contributed by atoms with E-state index in [-0.39, 0.29) is 11.1 Å². The summed E-state index contributed by atoms with van der Waals surface area (Å²) in [5, 5.41) is 17.8. The van der Waals surface area contributed by atoms with Crippen LogP contribution in [0.4, 0.5) is 0 Å². The molecule has 3 aromatic carbocycles. The van der Waals surface area contributed by atoms with E-state index in [1.165, 1.54) is 12.1 Å². The molecule has 5 nitrogen and oxygen atoms in total. The zero-order valence-corrected chi connectivity index (χ0v) is 13.0. The molecular formula is C20H14O5. The average molecular weight is 334 g/mol. The number of benzene rings is 3. The van der Waals surface area contributed by atoms with Gasteiger partial charge in [-0.05, 0) is 59.7 Å². The highest BCUT2D eigenvalue weighted by molar-refractivity contribution is 5.88. The topological polar surface area (TPSA) is 83.8 Å². The Morgan fingerprint density at radius 2 is 0.880 bits per heavy atom. The summed E-state index contributed by atoms with van der Waals surface area (Å²) in [7, 11) is 0. The lowest BCUT2D eigenvalue weighted by molar-refractivity contribution is 0.0686. The zero-order chi connectivity index (χ0) is 17.8. The molecular weight excluding hydrogens is 320 g/mol. The van der Waals surface area contributed by atoms with Gasteiger partial charge in [-0.15, -0.1) is 0 Å². The van der Waals surface area contributed by atoms with E-state index in [0.717, 1.165) is 11.1 Å². The Balaban J connectivity index is 1.73. The monoisotopic (exact) mass is 334 g/mol. The largest absolute Gasteiger partial charge is 0.478 e. The van der Waals surface area contributed by atoms with Crippen molar-refractivity contribution in [2.45, 2.75) is 0 Å². The Morgan fingerprint density at radius 3 is 1.28 bits per heavy atom. The minimum atomic E-state index is -0.982. The fourth-order valence-corrected chi connectivity index (χ4v) is 2.32. The predicted octanol–water partition coefficient (Wildman–Crippen LogP) is 4.54. The minimum Gasteiger partial charge on any atom is -0.478 e. The first-order chi connectivity index (χ1) is 12.0. The Morgan fingerprint density at radius 1 is 0.560 bits per heavy atom. The van der Waals surface area contributed by atoms with Gasteiger partial charge in [-0.3, -0.25) is 0 Å². The smallest absolute Gasteiger partial charge is 0.335 e. The van der Waals surface area contributed by atoms with Crippen molar-refractivity contribution in [3.63, 3.8) is 0 Å². The molecule has 2 N–H and O–H groups in total. The standard InChI is InChI=1S/C20H14O5/c21-19(22)15-3-1-13(2-4-15)14-5-9-17(10-6-14)25-18-11-7-16(8-12-18)20(23)24/h1-12H,(H,21,22)(H,23,24). The molecule has 0 saturated carbocycles. The molecule has 3 aromatic rings. The predicted molar refractivity (Wildman–Crippen MR) is 92.3 cm³/mol. The molecule has 0 bridgehead atoms. The summed E-state index contributed by atoms with van der Waals surface area (Å²) >= 11 is 0. The lowest BCUT2D eigenvalue weighted by atomic mass is 10.0. The van der Waals surface area contributed by atoms with Gasteiger partial charge < -0.3 is 14.9 Å². The van der Waals surface area contributed by atoms with Crippen molar-refractivity contribution in [2.24, 2.45) is 0 Å². The Kier molecular flexibility index (Phi) is 4.48. The van der Waals surface area contributed by atoms with E-state index in [1.807, 2.05) is 12.1 Å². The summed E-state index contributed by atoms with van der Waals surface area (Å²) in [6, 6.07) is 20.1. The first kappa shape index (κ1) is 16.3. The van der Waals surface area contributed by atoms with Gasteiger partial charge in [0.05, 0.1) is 11.1 Å². The van der Waals surface area contributed by atoms with Crippen molar-refractivity contribution < 1.29 is 24.5 Å². The third kappa shape index (κ3) is 3.84. The summed E-state index contributed by atoms with van der Waals surface area (Å²) in [6.07, 6.45) is 0. The summed E-state index contributed by atoms with van der Waals surface area (Å²) in [6.45, 7) is 0. The summed E-state index contributed by atoms with van der Waals surface area (Å²) in [4.78, 5) is 21.7. The highest BCUT2D eigenvalue weighted by Crippen LogP contribution is 2.26. The van der Waals surface area contributed by atoms with E-state index in [1.54, 1.807) is 48.5 Å². The molecule has 0 aromatic heterocycles.